The highest BCUT2D eigenvalue weighted by atomic mass is 32.2. The van der Waals surface area contributed by atoms with E-state index in [1.807, 2.05) is 6.92 Å². The van der Waals surface area contributed by atoms with Crippen LogP contribution in [0, 0.1) is 12.3 Å². The van der Waals surface area contributed by atoms with Crippen molar-refractivity contribution in [1.29, 1.82) is 0 Å². The minimum absolute atomic E-state index is 0.0979. The highest BCUT2D eigenvalue weighted by Gasteiger charge is 2.22. The van der Waals surface area contributed by atoms with Crippen molar-refractivity contribution in [2.24, 2.45) is 5.73 Å². The number of nitrogens with zero attached hydrogens (tertiary/aromatic N) is 1. The van der Waals surface area contributed by atoms with Crippen molar-refractivity contribution in [1.82, 2.24) is 4.31 Å². The van der Waals surface area contributed by atoms with Gasteiger partial charge in [-0.2, -0.15) is 4.31 Å². The second-order valence-electron chi connectivity index (χ2n) is 4.23. The summed E-state index contributed by atoms with van der Waals surface area (Å²) in [5, 5.41) is 0. The van der Waals surface area contributed by atoms with E-state index in [1.165, 1.54) is 4.31 Å². The zero-order valence-corrected chi connectivity index (χ0v) is 12.0. The smallest absolute Gasteiger partial charge is 0.243 e. The molecule has 0 saturated carbocycles. The van der Waals surface area contributed by atoms with Gasteiger partial charge in [0, 0.05) is 6.54 Å². The first-order valence-electron chi connectivity index (χ1n) is 6.28. The molecule has 0 aromatic heterocycles. The number of hydrogen-bond acceptors (Lipinski definition) is 3. The standard InChI is InChI=1S/C14H20N2O2S/c1-3-11-16(12-4-2)19(17,18)14-7-5-13(6-8-14)9-10-15/h1,5-8H,4,9-12,15H2,2H3. The predicted molar refractivity (Wildman–Crippen MR) is 77.1 cm³/mol. The summed E-state index contributed by atoms with van der Waals surface area (Å²) in [6.45, 7) is 2.99. The van der Waals surface area contributed by atoms with Gasteiger partial charge in [-0.05, 0) is 37.1 Å². The van der Waals surface area contributed by atoms with Gasteiger partial charge in [-0.25, -0.2) is 8.42 Å². The van der Waals surface area contributed by atoms with Crippen LogP contribution in [0.4, 0.5) is 0 Å². The fraction of sp³-hybridized carbons (Fsp3) is 0.429. The molecule has 1 aromatic carbocycles. The van der Waals surface area contributed by atoms with Crippen LogP contribution in [0.5, 0.6) is 0 Å². The number of nitrogens with two attached hydrogens (primary N) is 1. The molecule has 0 fully saturated rings. The summed E-state index contributed by atoms with van der Waals surface area (Å²) in [5.41, 5.74) is 6.49. The maximum Gasteiger partial charge on any atom is 0.243 e. The van der Waals surface area contributed by atoms with Crippen LogP contribution < -0.4 is 5.73 Å². The van der Waals surface area contributed by atoms with Gasteiger partial charge in [0.05, 0.1) is 11.4 Å². The van der Waals surface area contributed by atoms with E-state index < -0.39 is 10.0 Å². The lowest BCUT2D eigenvalue weighted by atomic mass is 10.2. The van der Waals surface area contributed by atoms with E-state index in [9.17, 15) is 8.42 Å². The van der Waals surface area contributed by atoms with Gasteiger partial charge < -0.3 is 5.73 Å². The molecule has 1 rings (SSSR count). The SMILES string of the molecule is C#CCN(CCC)S(=O)(=O)c1ccc(CCN)cc1. The Balaban J connectivity index is 3.01. The van der Waals surface area contributed by atoms with Crippen LogP contribution >= 0.6 is 0 Å². The van der Waals surface area contributed by atoms with E-state index in [4.69, 9.17) is 12.2 Å². The fourth-order valence-electron chi connectivity index (χ4n) is 1.78. The third-order valence-electron chi connectivity index (χ3n) is 2.73. The Labute approximate surface area is 115 Å². The first-order valence-corrected chi connectivity index (χ1v) is 7.73. The Morgan fingerprint density at radius 3 is 2.42 bits per heavy atom. The van der Waals surface area contributed by atoms with Crippen LogP contribution in [0.15, 0.2) is 29.2 Å². The number of rotatable bonds is 7. The van der Waals surface area contributed by atoms with Gasteiger partial charge in [-0.15, -0.1) is 6.42 Å². The summed E-state index contributed by atoms with van der Waals surface area (Å²) in [4.78, 5) is 0.275. The molecule has 0 unspecified atom stereocenters. The van der Waals surface area contributed by atoms with E-state index in [0.717, 1.165) is 18.4 Å². The topological polar surface area (TPSA) is 63.4 Å². The molecular weight excluding hydrogens is 260 g/mol. The molecule has 0 aliphatic carbocycles. The van der Waals surface area contributed by atoms with E-state index in [1.54, 1.807) is 24.3 Å². The van der Waals surface area contributed by atoms with Crippen molar-refractivity contribution in [2.45, 2.75) is 24.7 Å². The van der Waals surface area contributed by atoms with Gasteiger partial charge >= 0.3 is 0 Å². The summed E-state index contributed by atoms with van der Waals surface area (Å²) in [6.07, 6.45) is 6.70. The Morgan fingerprint density at radius 2 is 1.95 bits per heavy atom. The number of sulfonamides is 1. The lowest BCUT2D eigenvalue weighted by Crippen LogP contribution is -2.32. The zero-order valence-electron chi connectivity index (χ0n) is 11.2. The first kappa shape index (κ1) is 15.7. The van der Waals surface area contributed by atoms with E-state index in [2.05, 4.69) is 5.92 Å². The molecule has 4 nitrogen and oxygen atoms in total. The monoisotopic (exact) mass is 280 g/mol. The molecule has 1 aromatic rings. The lowest BCUT2D eigenvalue weighted by molar-refractivity contribution is 0.445. The molecule has 2 N–H and O–H groups in total. The average Bonchev–Trinajstić information content (AvgIpc) is 2.39. The second-order valence-corrected chi connectivity index (χ2v) is 6.16. The predicted octanol–water partition coefficient (Wildman–Crippen LogP) is 1.22. The highest BCUT2D eigenvalue weighted by Crippen LogP contribution is 2.16. The first-order chi connectivity index (χ1) is 9.06. The van der Waals surface area contributed by atoms with Crippen LogP contribution in [0.1, 0.15) is 18.9 Å². The summed E-state index contributed by atoms with van der Waals surface area (Å²) in [6, 6.07) is 6.80. The second kappa shape index (κ2) is 7.29. The van der Waals surface area contributed by atoms with Crippen molar-refractivity contribution in [3.8, 4) is 12.3 Å². The Kier molecular flexibility index (Phi) is 6.03. The highest BCUT2D eigenvalue weighted by molar-refractivity contribution is 7.89. The van der Waals surface area contributed by atoms with Crippen LogP contribution in [0.25, 0.3) is 0 Å². The van der Waals surface area contributed by atoms with Gasteiger partial charge in [0.15, 0.2) is 0 Å². The van der Waals surface area contributed by atoms with Crippen LogP contribution in [0.3, 0.4) is 0 Å². The largest absolute Gasteiger partial charge is 0.330 e. The number of terminal acetylenes is 1. The molecule has 0 amide bonds. The molecule has 19 heavy (non-hydrogen) atoms. The van der Waals surface area contributed by atoms with Crippen molar-refractivity contribution < 1.29 is 8.42 Å². The lowest BCUT2D eigenvalue weighted by Gasteiger charge is -2.19. The van der Waals surface area contributed by atoms with Gasteiger partial charge in [0.1, 0.15) is 0 Å². The number of benzene rings is 1. The molecule has 0 spiro atoms. The maximum absolute atomic E-state index is 12.4. The molecular formula is C14H20N2O2S. The molecule has 5 heteroatoms. The Hall–Kier alpha value is -1.35. The minimum Gasteiger partial charge on any atom is -0.330 e. The van der Waals surface area contributed by atoms with E-state index >= 15 is 0 Å². The summed E-state index contributed by atoms with van der Waals surface area (Å²) >= 11 is 0. The molecule has 0 saturated heterocycles. The van der Waals surface area contributed by atoms with Gasteiger partial charge in [-0.3, -0.25) is 0 Å². The van der Waals surface area contributed by atoms with E-state index in [-0.39, 0.29) is 11.4 Å². The summed E-state index contributed by atoms with van der Waals surface area (Å²) in [7, 11) is -3.50. The zero-order chi connectivity index (χ0) is 14.3. The summed E-state index contributed by atoms with van der Waals surface area (Å²) in [5.74, 6) is 2.39. The quantitative estimate of drug-likeness (QED) is 0.764. The number of hydrogen-bond donors (Lipinski definition) is 1. The van der Waals surface area contributed by atoms with Gasteiger partial charge in [0.25, 0.3) is 0 Å². The minimum atomic E-state index is -3.50. The van der Waals surface area contributed by atoms with Crippen molar-refractivity contribution >= 4 is 10.0 Å². The molecule has 104 valence electrons. The molecule has 0 atom stereocenters. The van der Waals surface area contributed by atoms with E-state index in [0.29, 0.717) is 13.1 Å². The van der Waals surface area contributed by atoms with Crippen LogP contribution in [-0.4, -0.2) is 32.4 Å². The van der Waals surface area contributed by atoms with Gasteiger partial charge in [-0.1, -0.05) is 25.0 Å². The normalized spacial score (nSPS) is 11.5. The van der Waals surface area contributed by atoms with Crippen LogP contribution in [0.2, 0.25) is 0 Å². The molecule has 0 aliphatic rings. The molecule has 0 radical (unpaired) electrons. The molecule has 0 aliphatic heterocycles. The van der Waals surface area contributed by atoms with Crippen LogP contribution in [-0.2, 0) is 16.4 Å². The fourth-order valence-corrected chi connectivity index (χ4v) is 3.22. The summed E-state index contributed by atoms with van der Waals surface area (Å²) < 4.78 is 26.1. The van der Waals surface area contributed by atoms with Crippen molar-refractivity contribution in [2.75, 3.05) is 19.6 Å². The van der Waals surface area contributed by atoms with Crippen molar-refractivity contribution in [3.05, 3.63) is 29.8 Å². The third-order valence-corrected chi connectivity index (χ3v) is 4.59. The van der Waals surface area contributed by atoms with Gasteiger partial charge in [0.2, 0.25) is 10.0 Å². The average molecular weight is 280 g/mol. The third kappa shape index (κ3) is 4.06. The van der Waals surface area contributed by atoms with Crippen molar-refractivity contribution in [3.63, 3.8) is 0 Å². The Morgan fingerprint density at radius 1 is 1.32 bits per heavy atom. The molecule has 0 bridgehead atoms. The maximum atomic E-state index is 12.4. The Bertz CT molecular complexity index is 530. The molecule has 0 heterocycles.